The molecule has 0 unspecified atom stereocenters. The summed E-state index contributed by atoms with van der Waals surface area (Å²) in [5.41, 5.74) is 5.90. The van der Waals surface area contributed by atoms with Gasteiger partial charge in [-0.3, -0.25) is 4.79 Å². The van der Waals surface area contributed by atoms with Crippen molar-refractivity contribution in [2.75, 3.05) is 13.1 Å². The quantitative estimate of drug-likeness (QED) is 0.723. The number of rotatable bonds is 6. The van der Waals surface area contributed by atoms with E-state index in [0.717, 1.165) is 25.3 Å². The van der Waals surface area contributed by atoms with E-state index in [0.29, 0.717) is 13.0 Å². The monoisotopic (exact) mass is 224 g/mol. The van der Waals surface area contributed by atoms with Gasteiger partial charge in [0.1, 0.15) is 0 Å². The van der Waals surface area contributed by atoms with Crippen LogP contribution in [0.3, 0.4) is 0 Å². The molecule has 0 atom stereocenters. The van der Waals surface area contributed by atoms with Crippen LogP contribution in [0.15, 0.2) is 0 Å². The number of amides is 1. The lowest BCUT2D eigenvalue weighted by molar-refractivity contribution is -0.124. The first-order valence-corrected chi connectivity index (χ1v) is 6.71. The van der Waals surface area contributed by atoms with E-state index in [1.165, 1.54) is 32.1 Å². The smallest absolute Gasteiger partial charge is 0.220 e. The highest BCUT2D eigenvalue weighted by Crippen LogP contribution is 2.42. The van der Waals surface area contributed by atoms with E-state index < -0.39 is 0 Å². The zero-order valence-corrected chi connectivity index (χ0v) is 10.1. The first kappa shape index (κ1) is 11.9. The minimum absolute atomic E-state index is 0.153. The summed E-state index contributed by atoms with van der Waals surface area (Å²) in [6.45, 7) is 1.53. The van der Waals surface area contributed by atoms with E-state index in [4.69, 9.17) is 5.73 Å². The van der Waals surface area contributed by atoms with Gasteiger partial charge in [-0.1, -0.05) is 25.7 Å². The maximum absolute atomic E-state index is 11.7. The molecule has 2 fully saturated rings. The molecular weight excluding hydrogens is 200 g/mol. The van der Waals surface area contributed by atoms with Gasteiger partial charge < -0.3 is 11.1 Å². The summed E-state index contributed by atoms with van der Waals surface area (Å²) in [5, 5.41) is 3.05. The maximum Gasteiger partial charge on any atom is 0.220 e. The molecular formula is C13H24N2O. The van der Waals surface area contributed by atoms with Gasteiger partial charge in [0.05, 0.1) is 0 Å². The minimum Gasteiger partial charge on any atom is -0.356 e. The Hall–Kier alpha value is -0.570. The highest BCUT2D eigenvalue weighted by atomic mass is 16.1. The zero-order chi connectivity index (χ0) is 11.4. The molecule has 0 aliphatic heterocycles. The van der Waals surface area contributed by atoms with Gasteiger partial charge in [0.25, 0.3) is 0 Å². The first-order chi connectivity index (χ1) is 7.74. The summed E-state index contributed by atoms with van der Waals surface area (Å²) in [6.07, 6.45) is 9.45. The molecule has 0 radical (unpaired) electrons. The molecule has 3 heteroatoms. The fourth-order valence-corrected chi connectivity index (χ4v) is 2.73. The van der Waals surface area contributed by atoms with Gasteiger partial charge >= 0.3 is 0 Å². The molecule has 0 saturated heterocycles. The lowest BCUT2D eigenvalue weighted by Crippen LogP contribution is -2.42. The Bertz CT molecular complexity index is 239. The summed E-state index contributed by atoms with van der Waals surface area (Å²) in [4.78, 5) is 11.7. The summed E-state index contributed by atoms with van der Waals surface area (Å²) in [7, 11) is 0. The molecule has 0 aromatic heterocycles. The third-order valence-electron chi connectivity index (χ3n) is 4.48. The van der Waals surface area contributed by atoms with Gasteiger partial charge in [0, 0.05) is 13.0 Å². The van der Waals surface area contributed by atoms with Crippen LogP contribution in [-0.2, 0) is 4.79 Å². The number of hydrogen-bond acceptors (Lipinski definition) is 2. The summed E-state index contributed by atoms with van der Waals surface area (Å²) in [5.74, 6) is 1.09. The topological polar surface area (TPSA) is 55.1 Å². The SMILES string of the molecule is NCC1(CC(=O)NCCC2CCC2)CCC1. The minimum atomic E-state index is 0.153. The largest absolute Gasteiger partial charge is 0.356 e. The fourth-order valence-electron chi connectivity index (χ4n) is 2.73. The maximum atomic E-state index is 11.7. The Balaban J connectivity index is 1.59. The number of nitrogens with two attached hydrogens (primary N) is 1. The molecule has 2 aliphatic carbocycles. The average molecular weight is 224 g/mol. The highest BCUT2D eigenvalue weighted by Gasteiger charge is 2.37. The molecule has 2 rings (SSSR count). The number of carbonyl (C=O) groups is 1. The molecule has 16 heavy (non-hydrogen) atoms. The van der Waals surface area contributed by atoms with Crippen LogP contribution < -0.4 is 11.1 Å². The Labute approximate surface area is 98.2 Å². The standard InChI is InChI=1S/C13H24N2O/c14-10-13(6-2-7-13)9-12(16)15-8-5-11-3-1-4-11/h11H,1-10,14H2,(H,15,16). The van der Waals surface area contributed by atoms with E-state index in [9.17, 15) is 4.79 Å². The normalized spacial score (nSPS) is 23.3. The number of nitrogens with one attached hydrogen (secondary N) is 1. The number of carbonyl (C=O) groups excluding carboxylic acids is 1. The Morgan fingerprint density at radius 3 is 2.50 bits per heavy atom. The van der Waals surface area contributed by atoms with Crippen LogP contribution in [0.1, 0.15) is 51.4 Å². The number of hydrogen-bond donors (Lipinski definition) is 2. The van der Waals surface area contributed by atoms with Crippen LogP contribution >= 0.6 is 0 Å². The van der Waals surface area contributed by atoms with E-state index in [-0.39, 0.29) is 11.3 Å². The van der Waals surface area contributed by atoms with E-state index in [2.05, 4.69) is 5.32 Å². The molecule has 92 valence electrons. The first-order valence-electron chi connectivity index (χ1n) is 6.71. The molecule has 2 saturated carbocycles. The molecule has 0 spiro atoms. The summed E-state index contributed by atoms with van der Waals surface area (Å²) >= 11 is 0. The van der Waals surface area contributed by atoms with Crippen LogP contribution in [0.25, 0.3) is 0 Å². The molecule has 1 amide bonds. The van der Waals surface area contributed by atoms with Crippen molar-refractivity contribution >= 4 is 5.91 Å². The Morgan fingerprint density at radius 2 is 2.06 bits per heavy atom. The zero-order valence-electron chi connectivity index (χ0n) is 10.1. The fraction of sp³-hybridized carbons (Fsp3) is 0.923. The van der Waals surface area contributed by atoms with Crippen LogP contribution in [-0.4, -0.2) is 19.0 Å². The van der Waals surface area contributed by atoms with E-state index in [1.54, 1.807) is 0 Å². The molecule has 0 bridgehead atoms. The van der Waals surface area contributed by atoms with Crippen molar-refractivity contribution in [1.29, 1.82) is 0 Å². The second-order valence-electron chi connectivity index (χ2n) is 5.67. The van der Waals surface area contributed by atoms with Gasteiger partial charge in [-0.2, -0.15) is 0 Å². The van der Waals surface area contributed by atoms with E-state index in [1.807, 2.05) is 0 Å². The molecule has 0 heterocycles. The van der Waals surface area contributed by atoms with Crippen molar-refractivity contribution in [3.8, 4) is 0 Å². The van der Waals surface area contributed by atoms with Gasteiger partial charge in [0.15, 0.2) is 0 Å². The van der Waals surface area contributed by atoms with Gasteiger partial charge in [-0.05, 0) is 37.1 Å². The lowest BCUT2D eigenvalue weighted by atomic mass is 9.66. The molecule has 2 aliphatic rings. The van der Waals surface area contributed by atoms with Crippen molar-refractivity contribution in [3.05, 3.63) is 0 Å². The molecule has 3 nitrogen and oxygen atoms in total. The van der Waals surface area contributed by atoms with Crippen LogP contribution in [0.5, 0.6) is 0 Å². The Kier molecular flexibility index (Phi) is 3.85. The molecule has 0 aromatic rings. The van der Waals surface area contributed by atoms with Crippen LogP contribution in [0.4, 0.5) is 0 Å². The van der Waals surface area contributed by atoms with Crippen molar-refractivity contribution in [3.63, 3.8) is 0 Å². The van der Waals surface area contributed by atoms with Crippen molar-refractivity contribution in [2.45, 2.75) is 51.4 Å². The van der Waals surface area contributed by atoms with Crippen molar-refractivity contribution in [1.82, 2.24) is 5.32 Å². The lowest BCUT2D eigenvalue weighted by Gasteiger charge is -2.40. The highest BCUT2D eigenvalue weighted by molar-refractivity contribution is 5.76. The predicted octanol–water partition coefficient (Wildman–Crippen LogP) is 1.81. The summed E-state index contributed by atoms with van der Waals surface area (Å²) < 4.78 is 0. The van der Waals surface area contributed by atoms with Gasteiger partial charge in [-0.25, -0.2) is 0 Å². The predicted molar refractivity (Wildman–Crippen MR) is 64.9 cm³/mol. The van der Waals surface area contributed by atoms with Crippen LogP contribution in [0.2, 0.25) is 0 Å². The summed E-state index contributed by atoms with van der Waals surface area (Å²) in [6, 6.07) is 0. The van der Waals surface area contributed by atoms with E-state index >= 15 is 0 Å². The molecule has 0 aromatic carbocycles. The third-order valence-corrected chi connectivity index (χ3v) is 4.48. The van der Waals surface area contributed by atoms with Gasteiger partial charge in [-0.15, -0.1) is 0 Å². The second-order valence-corrected chi connectivity index (χ2v) is 5.67. The van der Waals surface area contributed by atoms with Crippen molar-refractivity contribution < 1.29 is 4.79 Å². The van der Waals surface area contributed by atoms with Crippen LogP contribution in [0, 0.1) is 11.3 Å². The average Bonchev–Trinajstić information content (AvgIpc) is 2.15. The Morgan fingerprint density at radius 1 is 1.31 bits per heavy atom. The second kappa shape index (κ2) is 5.17. The third kappa shape index (κ3) is 2.76. The van der Waals surface area contributed by atoms with Crippen molar-refractivity contribution in [2.24, 2.45) is 17.1 Å². The van der Waals surface area contributed by atoms with Gasteiger partial charge in [0.2, 0.25) is 5.91 Å². The molecule has 3 N–H and O–H groups in total.